The van der Waals surface area contributed by atoms with Crippen LogP contribution in [0.5, 0.6) is 5.75 Å². The van der Waals surface area contributed by atoms with Gasteiger partial charge in [0.1, 0.15) is 12.4 Å². The molecule has 5 heteroatoms. The lowest BCUT2D eigenvalue weighted by molar-refractivity contribution is -0.134. The quantitative estimate of drug-likeness (QED) is 0.717. The summed E-state index contributed by atoms with van der Waals surface area (Å²) in [4.78, 5) is 19.3. The molecule has 5 nitrogen and oxygen atoms in total. The van der Waals surface area contributed by atoms with Crippen LogP contribution in [0, 0.1) is 6.92 Å². The highest BCUT2D eigenvalue weighted by atomic mass is 16.5. The van der Waals surface area contributed by atoms with Gasteiger partial charge in [0.05, 0.1) is 18.8 Å². The first kappa shape index (κ1) is 17.3. The Balaban J connectivity index is 1.61. The van der Waals surface area contributed by atoms with Crippen LogP contribution in [0.4, 0.5) is 0 Å². The summed E-state index contributed by atoms with van der Waals surface area (Å²) >= 11 is 0. The van der Waals surface area contributed by atoms with Crippen LogP contribution in [0.15, 0.2) is 67.3 Å². The minimum atomic E-state index is -0.0527. The van der Waals surface area contributed by atoms with E-state index in [2.05, 4.69) is 4.98 Å². The van der Waals surface area contributed by atoms with Gasteiger partial charge in [-0.05, 0) is 24.1 Å². The van der Waals surface area contributed by atoms with Gasteiger partial charge in [0.15, 0.2) is 0 Å². The first-order valence-electron chi connectivity index (χ1n) is 9.21. The van der Waals surface area contributed by atoms with Crippen LogP contribution >= 0.6 is 0 Å². The Kier molecular flexibility index (Phi) is 4.92. The fraction of sp³-hybridized carbons (Fsp3) is 0.273. The van der Waals surface area contributed by atoms with Crippen molar-refractivity contribution in [2.45, 2.75) is 32.5 Å². The van der Waals surface area contributed by atoms with Crippen molar-refractivity contribution in [3.8, 4) is 5.75 Å². The molecule has 0 bridgehead atoms. The van der Waals surface area contributed by atoms with Crippen molar-refractivity contribution in [1.82, 2.24) is 14.5 Å². The number of carbonyl (C=O) groups excluding carboxylic acids is 1. The summed E-state index contributed by atoms with van der Waals surface area (Å²) in [6.07, 6.45) is 5.85. The third-order valence-electron chi connectivity index (χ3n) is 5.09. The molecule has 2 aromatic carbocycles. The minimum Gasteiger partial charge on any atom is -0.491 e. The molecule has 1 aliphatic rings. The predicted molar refractivity (Wildman–Crippen MR) is 103 cm³/mol. The van der Waals surface area contributed by atoms with Crippen molar-refractivity contribution < 1.29 is 9.53 Å². The van der Waals surface area contributed by atoms with E-state index in [-0.39, 0.29) is 11.9 Å². The van der Waals surface area contributed by atoms with Gasteiger partial charge in [-0.2, -0.15) is 0 Å². The van der Waals surface area contributed by atoms with E-state index in [1.54, 1.807) is 12.5 Å². The van der Waals surface area contributed by atoms with Gasteiger partial charge in [-0.1, -0.05) is 42.5 Å². The van der Waals surface area contributed by atoms with Gasteiger partial charge in [0, 0.05) is 31.0 Å². The zero-order valence-electron chi connectivity index (χ0n) is 15.4. The molecule has 1 amide bonds. The number of aryl methyl sites for hydroxylation is 1. The van der Waals surface area contributed by atoms with Gasteiger partial charge in [-0.25, -0.2) is 4.98 Å². The Hall–Kier alpha value is -3.08. The molecule has 0 unspecified atom stereocenters. The van der Waals surface area contributed by atoms with Crippen LogP contribution in [-0.2, 0) is 24.3 Å². The van der Waals surface area contributed by atoms with Gasteiger partial charge in [-0.3, -0.25) is 4.79 Å². The van der Waals surface area contributed by atoms with E-state index in [4.69, 9.17) is 4.74 Å². The van der Waals surface area contributed by atoms with Gasteiger partial charge >= 0.3 is 0 Å². The highest BCUT2D eigenvalue weighted by Gasteiger charge is 2.29. The fourth-order valence-electron chi connectivity index (χ4n) is 3.52. The topological polar surface area (TPSA) is 47.4 Å². The normalized spacial score (nSPS) is 16.3. The summed E-state index contributed by atoms with van der Waals surface area (Å²) < 4.78 is 8.03. The van der Waals surface area contributed by atoms with Gasteiger partial charge in [0.25, 0.3) is 0 Å². The molecule has 138 valence electrons. The molecular weight excluding hydrogens is 338 g/mol. The van der Waals surface area contributed by atoms with Crippen LogP contribution in [0.1, 0.15) is 16.7 Å². The molecule has 3 aromatic rings. The molecule has 0 saturated heterocycles. The smallest absolute Gasteiger partial charge is 0.227 e. The van der Waals surface area contributed by atoms with Crippen molar-refractivity contribution in [3.05, 3.63) is 83.9 Å². The molecule has 0 N–H and O–H groups in total. The van der Waals surface area contributed by atoms with E-state index in [1.165, 1.54) is 0 Å². The Morgan fingerprint density at radius 1 is 1.19 bits per heavy atom. The van der Waals surface area contributed by atoms with Gasteiger partial charge in [0.2, 0.25) is 5.91 Å². The number of nitrogens with zero attached hydrogens (tertiary/aromatic N) is 3. The molecule has 1 aromatic heterocycles. The molecule has 0 spiro atoms. The Bertz CT molecular complexity index is 921. The van der Waals surface area contributed by atoms with E-state index in [9.17, 15) is 4.79 Å². The Morgan fingerprint density at radius 3 is 2.81 bits per heavy atom. The van der Waals surface area contributed by atoms with E-state index in [1.807, 2.05) is 71.1 Å². The molecule has 0 aliphatic carbocycles. The highest BCUT2D eigenvalue weighted by Crippen LogP contribution is 2.26. The molecule has 4 rings (SSSR count). The monoisotopic (exact) mass is 361 g/mol. The van der Waals surface area contributed by atoms with Crippen LogP contribution < -0.4 is 4.74 Å². The number of carbonyl (C=O) groups is 1. The lowest BCUT2D eigenvalue weighted by Crippen LogP contribution is -2.45. The third-order valence-corrected chi connectivity index (χ3v) is 5.09. The van der Waals surface area contributed by atoms with Crippen molar-refractivity contribution in [2.75, 3.05) is 6.61 Å². The predicted octanol–water partition coefficient (Wildman–Crippen LogP) is 3.22. The number of amides is 1. The first-order valence-corrected chi connectivity index (χ1v) is 9.21. The summed E-state index contributed by atoms with van der Waals surface area (Å²) in [5.41, 5.74) is 3.26. The summed E-state index contributed by atoms with van der Waals surface area (Å²) in [5, 5.41) is 0. The summed E-state index contributed by atoms with van der Waals surface area (Å²) in [7, 11) is 0. The zero-order valence-corrected chi connectivity index (χ0v) is 15.4. The van der Waals surface area contributed by atoms with Crippen molar-refractivity contribution >= 4 is 5.91 Å². The number of rotatable bonds is 4. The van der Waals surface area contributed by atoms with Crippen molar-refractivity contribution in [3.63, 3.8) is 0 Å². The maximum absolute atomic E-state index is 13.3. The number of benzene rings is 2. The Labute approximate surface area is 159 Å². The number of hydrogen-bond donors (Lipinski definition) is 0. The largest absolute Gasteiger partial charge is 0.491 e. The SMILES string of the molecule is Cc1ccccc1CC(=O)N1Cc2ccccc2OC[C@H]1Cn1ccnc1. The molecule has 1 atom stereocenters. The van der Waals surface area contributed by atoms with Crippen LogP contribution in [0.25, 0.3) is 0 Å². The molecule has 2 heterocycles. The Morgan fingerprint density at radius 2 is 2.00 bits per heavy atom. The number of hydrogen-bond acceptors (Lipinski definition) is 3. The number of para-hydroxylation sites is 1. The molecule has 0 saturated carbocycles. The van der Waals surface area contributed by atoms with E-state index in [0.29, 0.717) is 26.1 Å². The van der Waals surface area contributed by atoms with Gasteiger partial charge in [-0.15, -0.1) is 0 Å². The highest BCUT2D eigenvalue weighted by molar-refractivity contribution is 5.79. The van der Waals surface area contributed by atoms with E-state index < -0.39 is 0 Å². The molecule has 27 heavy (non-hydrogen) atoms. The minimum absolute atomic E-state index is 0.0527. The standard InChI is InChI=1S/C22H23N3O2/c1-17-6-2-3-7-18(17)12-22(26)25-13-19-8-4-5-9-21(19)27-15-20(25)14-24-11-10-23-16-24/h2-11,16,20H,12-15H2,1H3/t20-/m1/s1. The summed E-state index contributed by atoms with van der Waals surface area (Å²) in [6.45, 7) is 3.73. The first-order chi connectivity index (χ1) is 13.2. The van der Waals surface area contributed by atoms with E-state index >= 15 is 0 Å². The number of aromatic nitrogens is 2. The lowest BCUT2D eigenvalue weighted by atomic mass is 10.0. The van der Waals surface area contributed by atoms with E-state index in [0.717, 1.165) is 22.4 Å². The van der Waals surface area contributed by atoms with Crippen molar-refractivity contribution in [2.24, 2.45) is 0 Å². The molecular formula is C22H23N3O2. The molecule has 0 radical (unpaired) electrons. The summed E-state index contributed by atoms with van der Waals surface area (Å²) in [6, 6.07) is 16.0. The number of imidazole rings is 1. The average Bonchev–Trinajstić information content (AvgIpc) is 3.12. The lowest BCUT2D eigenvalue weighted by Gasteiger charge is -2.30. The second-order valence-corrected chi connectivity index (χ2v) is 6.96. The van der Waals surface area contributed by atoms with Crippen LogP contribution in [-0.4, -0.2) is 33.0 Å². The fourth-order valence-corrected chi connectivity index (χ4v) is 3.52. The van der Waals surface area contributed by atoms with Crippen LogP contribution in [0.2, 0.25) is 0 Å². The average molecular weight is 361 g/mol. The maximum atomic E-state index is 13.3. The molecule has 1 aliphatic heterocycles. The summed E-state index contributed by atoms with van der Waals surface area (Å²) in [5.74, 6) is 0.981. The number of ether oxygens (including phenoxy) is 1. The zero-order chi connectivity index (χ0) is 18.6. The second kappa shape index (κ2) is 7.66. The second-order valence-electron chi connectivity index (χ2n) is 6.96. The van der Waals surface area contributed by atoms with Gasteiger partial charge < -0.3 is 14.2 Å². The van der Waals surface area contributed by atoms with Crippen molar-refractivity contribution in [1.29, 1.82) is 0 Å². The number of fused-ring (bicyclic) bond motifs is 1. The molecule has 0 fully saturated rings. The maximum Gasteiger partial charge on any atom is 0.227 e. The third kappa shape index (κ3) is 3.87. The van der Waals surface area contributed by atoms with Crippen LogP contribution in [0.3, 0.4) is 0 Å².